The molecule has 2 amide bonds. The Bertz CT molecular complexity index is 1210. The van der Waals surface area contributed by atoms with Crippen molar-refractivity contribution in [1.82, 2.24) is 4.90 Å². The predicted molar refractivity (Wildman–Crippen MR) is 140 cm³/mol. The fraction of sp³-hybridized carbons (Fsp3) is 0.154. The second-order valence-electron chi connectivity index (χ2n) is 7.65. The van der Waals surface area contributed by atoms with Gasteiger partial charge in [-0.25, -0.2) is 0 Å². The van der Waals surface area contributed by atoms with Crippen molar-refractivity contribution >= 4 is 63.8 Å². The summed E-state index contributed by atoms with van der Waals surface area (Å²) in [5.41, 5.74) is 2.71. The van der Waals surface area contributed by atoms with E-state index in [2.05, 4.69) is 0 Å². The SMILES string of the molecule is O=C1S/C(=C/c2cc(Cl)c(OCc3ccc(Cl)cc3)c(Cl)c2)C(=O)N1CCCc1ccccc1. The Morgan fingerprint density at radius 3 is 2.24 bits per heavy atom. The molecule has 174 valence electrons. The van der Waals surface area contributed by atoms with Crippen molar-refractivity contribution in [3.8, 4) is 5.75 Å². The average Bonchev–Trinajstić information content (AvgIpc) is 3.07. The third kappa shape index (κ3) is 6.16. The molecule has 0 bridgehead atoms. The molecule has 4 nitrogen and oxygen atoms in total. The highest BCUT2D eigenvalue weighted by atomic mass is 35.5. The predicted octanol–water partition coefficient (Wildman–Crippen LogP) is 7.89. The zero-order valence-electron chi connectivity index (χ0n) is 18.0. The third-order valence-corrected chi connectivity index (χ3v) is 6.90. The number of benzene rings is 3. The van der Waals surface area contributed by atoms with E-state index in [1.807, 2.05) is 42.5 Å². The maximum Gasteiger partial charge on any atom is 0.293 e. The Labute approximate surface area is 217 Å². The third-order valence-electron chi connectivity index (χ3n) is 5.18. The molecule has 0 spiro atoms. The minimum absolute atomic E-state index is 0.274. The first-order chi connectivity index (χ1) is 16.4. The highest BCUT2D eigenvalue weighted by Gasteiger charge is 2.34. The topological polar surface area (TPSA) is 46.6 Å². The Morgan fingerprint density at radius 1 is 0.882 bits per heavy atom. The number of imide groups is 1. The molecule has 1 aliphatic heterocycles. The van der Waals surface area contributed by atoms with Gasteiger partial charge in [-0.2, -0.15) is 0 Å². The summed E-state index contributed by atoms with van der Waals surface area (Å²) >= 11 is 19.6. The molecule has 0 N–H and O–H groups in total. The zero-order chi connectivity index (χ0) is 24.1. The van der Waals surface area contributed by atoms with E-state index in [1.54, 1.807) is 30.3 Å². The van der Waals surface area contributed by atoms with Gasteiger partial charge < -0.3 is 4.74 Å². The van der Waals surface area contributed by atoms with Crippen molar-refractivity contribution in [2.75, 3.05) is 6.54 Å². The molecule has 4 rings (SSSR count). The molecule has 0 aliphatic carbocycles. The first-order valence-corrected chi connectivity index (χ1v) is 12.5. The van der Waals surface area contributed by atoms with Crippen molar-refractivity contribution in [2.24, 2.45) is 0 Å². The van der Waals surface area contributed by atoms with Crippen molar-refractivity contribution in [3.05, 3.63) is 103 Å². The van der Waals surface area contributed by atoms with E-state index in [0.717, 1.165) is 23.7 Å². The second-order valence-corrected chi connectivity index (χ2v) is 9.90. The molecule has 1 aliphatic rings. The minimum atomic E-state index is -0.307. The van der Waals surface area contributed by atoms with E-state index in [0.29, 0.717) is 44.3 Å². The molecule has 0 aromatic heterocycles. The summed E-state index contributed by atoms with van der Waals surface area (Å²) in [6.07, 6.45) is 3.12. The largest absolute Gasteiger partial charge is 0.486 e. The summed E-state index contributed by atoms with van der Waals surface area (Å²) in [6, 6.07) is 20.6. The summed E-state index contributed by atoms with van der Waals surface area (Å²) in [5.74, 6) is 0.0443. The van der Waals surface area contributed by atoms with Crippen LogP contribution in [0.2, 0.25) is 15.1 Å². The molecular weight excluding hydrogens is 513 g/mol. The van der Waals surface area contributed by atoms with Gasteiger partial charge in [-0.05, 0) is 71.6 Å². The van der Waals surface area contributed by atoms with Gasteiger partial charge in [0.15, 0.2) is 5.75 Å². The molecule has 0 saturated carbocycles. The van der Waals surface area contributed by atoms with Gasteiger partial charge in [0, 0.05) is 11.6 Å². The number of carbonyl (C=O) groups excluding carboxylic acids is 2. The lowest BCUT2D eigenvalue weighted by atomic mass is 10.1. The maximum absolute atomic E-state index is 12.8. The van der Waals surface area contributed by atoms with E-state index in [4.69, 9.17) is 39.5 Å². The molecular formula is C26H20Cl3NO3S. The van der Waals surface area contributed by atoms with Crippen molar-refractivity contribution in [2.45, 2.75) is 19.4 Å². The number of nitrogens with zero attached hydrogens (tertiary/aromatic N) is 1. The van der Waals surface area contributed by atoms with Crippen LogP contribution in [0.3, 0.4) is 0 Å². The summed E-state index contributed by atoms with van der Waals surface area (Å²) in [5, 5.41) is 0.999. The van der Waals surface area contributed by atoms with Gasteiger partial charge in [0.05, 0.1) is 15.0 Å². The van der Waals surface area contributed by atoms with Crippen LogP contribution in [0, 0.1) is 0 Å². The van der Waals surface area contributed by atoms with Gasteiger partial charge in [0.25, 0.3) is 11.1 Å². The lowest BCUT2D eigenvalue weighted by Crippen LogP contribution is -2.29. The van der Waals surface area contributed by atoms with Crippen LogP contribution in [-0.2, 0) is 17.8 Å². The first kappa shape index (κ1) is 24.7. The number of thioether (sulfide) groups is 1. The van der Waals surface area contributed by atoms with Gasteiger partial charge in [-0.15, -0.1) is 0 Å². The number of amides is 2. The van der Waals surface area contributed by atoms with Crippen LogP contribution in [-0.4, -0.2) is 22.6 Å². The van der Waals surface area contributed by atoms with Crippen LogP contribution in [0.4, 0.5) is 4.79 Å². The molecule has 3 aromatic carbocycles. The molecule has 1 saturated heterocycles. The Kier molecular flexibility index (Phi) is 8.22. The van der Waals surface area contributed by atoms with Gasteiger partial charge in [0.1, 0.15) is 6.61 Å². The lowest BCUT2D eigenvalue weighted by Gasteiger charge is -2.12. The number of carbonyl (C=O) groups is 2. The normalized spacial score (nSPS) is 14.8. The fourth-order valence-electron chi connectivity index (χ4n) is 3.47. The molecule has 0 radical (unpaired) electrons. The van der Waals surface area contributed by atoms with Crippen molar-refractivity contribution < 1.29 is 14.3 Å². The first-order valence-electron chi connectivity index (χ1n) is 10.6. The molecule has 1 fully saturated rings. The molecule has 0 unspecified atom stereocenters. The summed E-state index contributed by atoms with van der Waals surface area (Å²) < 4.78 is 5.79. The van der Waals surface area contributed by atoms with Crippen molar-refractivity contribution in [3.63, 3.8) is 0 Å². The molecule has 34 heavy (non-hydrogen) atoms. The fourth-order valence-corrected chi connectivity index (χ4v) is 5.07. The van der Waals surface area contributed by atoms with Crippen LogP contribution in [0.5, 0.6) is 5.75 Å². The number of halogens is 3. The van der Waals surface area contributed by atoms with Gasteiger partial charge in [-0.1, -0.05) is 77.3 Å². The summed E-state index contributed by atoms with van der Waals surface area (Å²) in [6.45, 7) is 0.647. The van der Waals surface area contributed by atoms with Gasteiger partial charge in [-0.3, -0.25) is 14.5 Å². The second kappa shape index (κ2) is 11.3. The highest BCUT2D eigenvalue weighted by Crippen LogP contribution is 2.38. The summed E-state index contributed by atoms with van der Waals surface area (Å²) in [4.78, 5) is 26.8. The van der Waals surface area contributed by atoms with E-state index in [-0.39, 0.29) is 17.8 Å². The average molecular weight is 533 g/mol. The minimum Gasteiger partial charge on any atom is -0.486 e. The van der Waals surface area contributed by atoms with E-state index in [1.165, 1.54) is 10.5 Å². The number of ether oxygens (including phenoxy) is 1. The van der Waals surface area contributed by atoms with E-state index in [9.17, 15) is 9.59 Å². The number of rotatable bonds is 8. The van der Waals surface area contributed by atoms with E-state index < -0.39 is 0 Å². The number of hydrogen-bond acceptors (Lipinski definition) is 4. The smallest absolute Gasteiger partial charge is 0.293 e. The molecule has 8 heteroatoms. The number of aryl methyl sites for hydroxylation is 1. The molecule has 0 atom stereocenters. The van der Waals surface area contributed by atoms with Gasteiger partial charge in [0.2, 0.25) is 0 Å². The molecule has 1 heterocycles. The maximum atomic E-state index is 12.8. The van der Waals surface area contributed by atoms with Crippen LogP contribution in [0.15, 0.2) is 71.6 Å². The number of hydrogen-bond donors (Lipinski definition) is 0. The van der Waals surface area contributed by atoms with Crippen LogP contribution in [0.1, 0.15) is 23.1 Å². The highest BCUT2D eigenvalue weighted by molar-refractivity contribution is 8.18. The van der Waals surface area contributed by atoms with Crippen molar-refractivity contribution in [1.29, 1.82) is 0 Å². The van der Waals surface area contributed by atoms with Crippen LogP contribution in [0.25, 0.3) is 6.08 Å². The van der Waals surface area contributed by atoms with Gasteiger partial charge >= 0.3 is 0 Å². The molecule has 3 aromatic rings. The standard InChI is InChI=1S/C26H20Cl3NO3S/c27-20-10-8-18(9-11-20)16-33-24-21(28)13-19(14-22(24)29)15-23-25(31)30(26(32)34-23)12-4-7-17-5-2-1-3-6-17/h1-3,5-6,8-11,13-15H,4,7,12,16H2/b23-15+. The Balaban J connectivity index is 1.41. The van der Waals surface area contributed by atoms with E-state index >= 15 is 0 Å². The Hall–Kier alpha value is -2.44. The monoisotopic (exact) mass is 531 g/mol. The summed E-state index contributed by atoms with van der Waals surface area (Å²) in [7, 11) is 0. The quantitative estimate of drug-likeness (QED) is 0.277. The van der Waals surface area contributed by atoms with Crippen LogP contribution >= 0.6 is 46.6 Å². The Morgan fingerprint density at radius 2 is 1.56 bits per heavy atom. The lowest BCUT2D eigenvalue weighted by molar-refractivity contribution is -0.122. The zero-order valence-corrected chi connectivity index (χ0v) is 21.1. The van der Waals surface area contributed by atoms with Crippen LogP contribution < -0.4 is 4.74 Å².